The summed E-state index contributed by atoms with van der Waals surface area (Å²) in [5.74, 6) is 0.916. The fourth-order valence-electron chi connectivity index (χ4n) is 4.37. The lowest BCUT2D eigenvalue weighted by Crippen LogP contribution is -2.36. The minimum absolute atomic E-state index is 0.240. The quantitative estimate of drug-likeness (QED) is 0.602. The Balaban J connectivity index is 1.39. The van der Waals surface area contributed by atoms with Gasteiger partial charge in [-0.05, 0) is 49.9 Å². The predicted octanol–water partition coefficient (Wildman–Crippen LogP) is 2.43. The normalized spacial score (nSPS) is 22.4. The first kappa shape index (κ1) is 19.1. The lowest BCUT2D eigenvalue weighted by molar-refractivity contribution is 0.122. The van der Waals surface area contributed by atoms with E-state index in [1.807, 2.05) is 10.9 Å². The molecule has 2 fully saturated rings. The van der Waals surface area contributed by atoms with Crippen molar-refractivity contribution in [3.8, 4) is 0 Å². The molecule has 0 bridgehead atoms. The molecule has 5 rings (SSSR count). The second-order valence-electron chi connectivity index (χ2n) is 8.10. The second-order valence-corrected chi connectivity index (χ2v) is 8.10. The van der Waals surface area contributed by atoms with E-state index in [9.17, 15) is 0 Å². The zero-order chi connectivity index (χ0) is 20.5. The number of fused-ring (bicyclic) bond motifs is 1. The second kappa shape index (κ2) is 8.08. The van der Waals surface area contributed by atoms with Crippen LogP contribution in [0.4, 0.5) is 23.1 Å². The fourth-order valence-corrected chi connectivity index (χ4v) is 4.37. The fraction of sp³-hybridized carbons (Fsp3) is 0.476. The van der Waals surface area contributed by atoms with Gasteiger partial charge in [-0.2, -0.15) is 15.1 Å². The summed E-state index contributed by atoms with van der Waals surface area (Å²) in [7, 11) is 0. The molecule has 0 radical (unpaired) electrons. The first-order valence-electron chi connectivity index (χ1n) is 10.6. The van der Waals surface area contributed by atoms with Crippen molar-refractivity contribution >= 4 is 34.2 Å². The molecule has 0 unspecified atom stereocenters. The van der Waals surface area contributed by atoms with Crippen LogP contribution in [0.1, 0.15) is 31.7 Å². The van der Waals surface area contributed by atoms with E-state index in [4.69, 9.17) is 16.2 Å². The molecule has 2 aliphatic rings. The number of nitrogen functional groups attached to an aromatic ring is 1. The highest BCUT2D eigenvalue weighted by atomic mass is 16.5. The summed E-state index contributed by atoms with van der Waals surface area (Å²) in [5, 5.41) is 8.89. The van der Waals surface area contributed by atoms with Crippen molar-refractivity contribution in [2.75, 3.05) is 42.3 Å². The summed E-state index contributed by atoms with van der Waals surface area (Å²) < 4.78 is 7.42. The number of hydrogen-bond donors (Lipinski definition) is 3. The van der Waals surface area contributed by atoms with Crippen LogP contribution in [0.15, 0.2) is 30.5 Å². The summed E-state index contributed by atoms with van der Waals surface area (Å²) in [4.78, 5) is 11.2. The number of nitrogens with zero attached hydrogens (tertiary/aromatic N) is 5. The summed E-state index contributed by atoms with van der Waals surface area (Å²) in [5.41, 5.74) is 15.0. The first-order valence-corrected chi connectivity index (χ1v) is 10.6. The number of benzene rings is 1. The molecule has 0 amide bonds. The molecule has 1 aliphatic carbocycles. The van der Waals surface area contributed by atoms with Gasteiger partial charge in [-0.15, -0.1) is 0 Å². The van der Waals surface area contributed by atoms with Crippen LogP contribution in [0.3, 0.4) is 0 Å². The number of morpholine rings is 1. The molecule has 3 heterocycles. The molecule has 158 valence electrons. The molecule has 30 heavy (non-hydrogen) atoms. The largest absolute Gasteiger partial charge is 0.378 e. The van der Waals surface area contributed by atoms with Gasteiger partial charge in [-0.3, -0.25) is 0 Å². The maximum atomic E-state index is 6.06. The van der Waals surface area contributed by atoms with Crippen molar-refractivity contribution in [3.63, 3.8) is 0 Å². The molecule has 1 aromatic carbocycles. The molecule has 1 aliphatic heterocycles. The van der Waals surface area contributed by atoms with E-state index in [1.165, 1.54) is 5.69 Å². The smallest absolute Gasteiger partial charge is 0.224 e. The van der Waals surface area contributed by atoms with Gasteiger partial charge in [0.2, 0.25) is 5.95 Å². The zero-order valence-corrected chi connectivity index (χ0v) is 17.0. The molecular weight excluding hydrogens is 380 g/mol. The van der Waals surface area contributed by atoms with Gasteiger partial charge >= 0.3 is 0 Å². The van der Waals surface area contributed by atoms with E-state index < -0.39 is 0 Å². The molecule has 3 aromatic rings. The minimum atomic E-state index is 0.240. The van der Waals surface area contributed by atoms with Gasteiger partial charge in [0.05, 0.1) is 30.8 Å². The molecular formula is C21H28N8O. The van der Waals surface area contributed by atoms with E-state index in [1.54, 1.807) is 0 Å². The molecule has 9 heteroatoms. The average molecular weight is 409 g/mol. The van der Waals surface area contributed by atoms with Crippen LogP contribution in [0.5, 0.6) is 0 Å². The molecule has 1 saturated carbocycles. The van der Waals surface area contributed by atoms with Gasteiger partial charge in [-0.25, -0.2) is 4.68 Å². The van der Waals surface area contributed by atoms with Crippen LogP contribution in [0, 0.1) is 0 Å². The van der Waals surface area contributed by atoms with Crippen LogP contribution in [-0.2, 0) is 4.74 Å². The van der Waals surface area contributed by atoms with E-state index in [0.29, 0.717) is 17.9 Å². The third kappa shape index (κ3) is 3.78. The summed E-state index contributed by atoms with van der Waals surface area (Å²) in [6, 6.07) is 8.94. The molecule has 2 aromatic heterocycles. The number of rotatable bonds is 4. The van der Waals surface area contributed by atoms with Crippen LogP contribution < -0.4 is 21.7 Å². The van der Waals surface area contributed by atoms with Crippen molar-refractivity contribution in [1.82, 2.24) is 19.7 Å². The molecule has 9 nitrogen and oxygen atoms in total. The first-order chi connectivity index (χ1) is 14.7. The zero-order valence-electron chi connectivity index (χ0n) is 17.0. The van der Waals surface area contributed by atoms with Gasteiger partial charge in [0.25, 0.3) is 0 Å². The highest BCUT2D eigenvalue weighted by Gasteiger charge is 2.23. The van der Waals surface area contributed by atoms with Crippen molar-refractivity contribution in [2.45, 2.75) is 37.8 Å². The number of ether oxygens (including phenoxy) is 1. The third-order valence-corrected chi connectivity index (χ3v) is 6.06. The Hall–Kier alpha value is -2.91. The van der Waals surface area contributed by atoms with E-state index in [0.717, 1.165) is 68.7 Å². The van der Waals surface area contributed by atoms with Crippen molar-refractivity contribution in [3.05, 3.63) is 30.5 Å². The molecule has 1 saturated heterocycles. The number of anilines is 4. The standard InChI is InChI=1S/C21H28N8O/c22-14-1-5-17(6-2-14)29-20-18(13-24-29)19(26-21(23)27-20)25-15-3-7-16(8-4-15)28-9-11-30-12-10-28/h3-4,7-8,13-14,17H,1-2,5-6,9-12,22H2,(H3,23,25,26,27). The minimum Gasteiger partial charge on any atom is -0.378 e. The Morgan fingerprint density at radius 2 is 1.73 bits per heavy atom. The van der Waals surface area contributed by atoms with Crippen LogP contribution in [-0.4, -0.2) is 52.1 Å². The SMILES string of the molecule is Nc1nc(Nc2ccc(N3CCOCC3)cc2)c2cnn(C3CCC(N)CC3)c2n1. The molecule has 0 spiro atoms. The Morgan fingerprint density at radius 1 is 1.00 bits per heavy atom. The number of hydrogen-bond acceptors (Lipinski definition) is 8. The van der Waals surface area contributed by atoms with Crippen molar-refractivity contribution in [2.24, 2.45) is 5.73 Å². The monoisotopic (exact) mass is 408 g/mol. The average Bonchev–Trinajstić information content (AvgIpc) is 3.19. The predicted molar refractivity (Wildman–Crippen MR) is 118 cm³/mol. The van der Waals surface area contributed by atoms with E-state index >= 15 is 0 Å². The highest BCUT2D eigenvalue weighted by Crippen LogP contribution is 2.32. The van der Waals surface area contributed by atoms with Crippen molar-refractivity contribution < 1.29 is 4.74 Å². The lowest BCUT2D eigenvalue weighted by atomic mass is 9.92. The van der Waals surface area contributed by atoms with Crippen LogP contribution in [0.2, 0.25) is 0 Å². The molecule has 5 N–H and O–H groups in total. The maximum Gasteiger partial charge on any atom is 0.224 e. The number of aromatic nitrogens is 4. The summed E-state index contributed by atoms with van der Waals surface area (Å²) >= 11 is 0. The topological polar surface area (TPSA) is 120 Å². The van der Waals surface area contributed by atoms with Crippen LogP contribution in [0.25, 0.3) is 11.0 Å². The lowest BCUT2D eigenvalue weighted by Gasteiger charge is -2.28. The van der Waals surface area contributed by atoms with Gasteiger partial charge < -0.3 is 26.4 Å². The molecule has 0 atom stereocenters. The summed E-state index contributed by atoms with van der Waals surface area (Å²) in [6.45, 7) is 3.38. The van der Waals surface area contributed by atoms with E-state index in [2.05, 4.69) is 49.5 Å². The maximum absolute atomic E-state index is 6.06. The Labute approximate surface area is 175 Å². The van der Waals surface area contributed by atoms with Gasteiger partial charge in [0.1, 0.15) is 5.82 Å². The number of nitrogens with two attached hydrogens (primary N) is 2. The van der Waals surface area contributed by atoms with Gasteiger partial charge in [0.15, 0.2) is 5.65 Å². The summed E-state index contributed by atoms with van der Waals surface area (Å²) in [6.07, 6.45) is 5.86. The Bertz CT molecular complexity index is 1000. The van der Waals surface area contributed by atoms with Gasteiger partial charge in [-0.1, -0.05) is 0 Å². The van der Waals surface area contributed by atoms with Crippen molar-refractivity contribution in [1.29, 1.82) is 0 Å². The third-order valence-electron chi connectivity index (χ3n) is 6.06. The van der Waals surface area contributed by atoms with E-state index in [-0.39, 0.29) is 5.95 Å². The van der Waals surface area contributed by atoms with Crippen LogP contribution >= 0.6 is 0 Å². The highest BCUT2D eigenvalue weighted by molar-refractivity contribution is 5.89. The Kier molecular flexibility index (Phi) is 5.14. The van der Waals surface area contributed by atoms with Gasteiger partial charge in [0, 0.05) is 30.5 Å². The Morgan fingerprint density at radius 3 is 2.47 bits per heavy atom. The number of nitrogens with one attached hydrogen (secondary N) is 1.